The molecule has 21 heavy (non-hydrogen) atoms. The van der Waals surface area contributed by atoms with E-state index < -0.39 is 5.54 Å². The van der Waals surface area contributed by atoms with Crippen LogP contribution in [-0.4, -0.2) is 42.6 Å². The summed E-state index contributed by atoms with van der Waals surface area (Å²) in [7, 11) is 0. The number of nitrogens with zero attached hydrogens (tertiary/aromatic N) is 1. The van der Waals surface area contributed by atoms with Crippen molar-refractivity contribution in [1.29, 1.82) is 0 Å². The first-order valence-corrected chi connectivity index (χ1v) is 7.87. The highest BCUT2D eigenvalue weighted by atomic mass is 16.5. The van der Waals surface area contributed by atoms with E-state index in [9.17, 15) is 4.79 Å². The summed E-state index contributed by atoms with van der Waals surface area (Å²) in [5, 5.41) is 0. The lowest BCUT2D eigenvalue weighted by atomic mass is 9.89. The van der Waals surface area contributed by atoms with Gasteiger partial charge in [0.15, 0.2) is 0 Å². The fourth-order valence-corrected chi connectivity index (χ4v) is 3.35. The molecule has 0 aromatic heterocycles. The van der Waals surface area contributed by atoms with Crippen LogP contribution in [-0.2, 0) is 16.0 Å². The summed E-state index contributed by atoms with van der Waals surface area (Å²) in [4.78, 5) is 14.4. The van der Waals surface area contributed by atoms with Gasteiger partial charge in [-0.2, -0.15) is 0 Å². The van der Waals surface area contributed by atoms with E-state index in [0.29, 0.717) is 25.6 Å². The first-order valence-electron chi connectivity index (χ1n) is 7.87. The van der Waals surface area contributed by atoms with Gasteiger partial charge in [-0.05, 0) is 37.2 Å². The van der Waals surface area contributed by atoms with Crippen LogP contribution >= 0.6 is 0 Å². The minimum Gasteiger partial charge on any atom is -0.379 e. The molecule has 0 saturated carbocycles. The molecular formula is C17H24N2O2. The van der Waals surface area contributed by atoms with Crippen molar-refractivity contribution < 1.29 is 9.53 Å². The maximum Gasteiger partial charge on any atom is 0.245 e. The average Bonchev–Trinajstić information content (AvgIpc) is 2.96. The maximum atomic E-state index is 12.5. The van der Waals surface area contributed by atoms with E-state index in [2.05, 4.69) is 30.3 Å². The number of carbonyl (C=O) groups excluding carboxylic acids is 1. The molecular weight excluding hydrogens is 264 g/mol. The van der Waals surface area contributed by atoms with E-state index in [0.717, 1.165) is 32.4 Å². The number of likely N-dealkylation sites (tertiary alicyclic amines) is 1. The van der Waals surface area contributed by atoms with Crippen molar-refractivity contribution in [2.45, 2.75) is 31.2 Å². The molecule has 0 radical (unpaired) electrons. The zero-order chi connectivity index (χ0) is 14.7. The van der Waals surface area contributed by atoms with Gasteiger partial charge >= 0.3 is 0 Å². The molecule has 114 valence electrons. The highest BCUT2D eigenvalue weighted by molar-refractivity contribution is 5.86. The fraction of sp³-hybridized carbons (Fsp3) is 0.588. The smallest absolute Gasteiger partial charge is 0.245 e. The van der Waals surface area contributed by atoms with Gasteiger partial charge < -0.3 is 15.4 Å². The fourth-order valence-electron chi connectivity index (χ4n) is 3.35. The lowest BCUT2D eigenvalue weighted by Gasteiger charge is -2.36. The van der Waals surface area contributed by atoms with Crippen molar-refractivity contribution >= 4 is 5.91 Å². The van der Waals surface area contributed by atoms with Crippen LogP contribution in [0.5, 0.6) is 0 Å². The zero-order valence-corrected chi connectivity index (χ0v) is 12.5. The number of ether oxygens (including phenoxy) is 1. The Morgan fingerprint density at radius 3 is 2.62 bits per heavy atom. The third-order valence-electron chi connectivity index (χ3n) is 4.75. The number of benzene rings is 1. The average molecular weight is 288 g/mol. The monoisotopic (exact) mass is 288 g/mol. The highest BCUT2D eigenvalue weighted by Gasteiger charge is 2.41. The van der Waals surface area contributed by atoms with Crippen LogP contribution in [0, 0.1) is 5.92 Å². The lowest BCUT2D eigenvalue weighted by Crippen LogP contribution is -2.57. The van der Waals surface area contributed by atoms with Crippen molar-refractivity contribution in [3.05, 3.63) is 35.9 Å². The van der Waals surface area contributed by atoms with Crippen LogP contribution in [0.25, 0.3) is 0 Å². The Hall–Kier alpha value is -1.39. The van der Waals surface area contributed by atoms with Gasteiger partial charge in [0, 0.05) is 19.7 Å². The third kappa shape index (κ3) is 3.27. The SMILES string of the molecule is NC1(C(=O)N2CCC(Cc3ccccc3)CC2)CCOC1. The van der Waals surface area contributed by atoms with E-state index in [1.165, 1.54) is 5.56 Å². The first-order chi connectivity index (χ1) is 10.2. The molecule has 3 rings (SSSR count). The molecule has 1 aromatic rings. The summed E-state index contributed by atoms with van der Waals surface area (Å²) >= 11 is 0. The normalized spacial score (nSPS) is 27.0. The number of hydrogen-bond acceptors (Lipinski definition) is 3. The predicted octanol–water partition coefficient (Wildman–Crippen LogP) is 1.59. The molecule has 2 fully saturated rings. The summed E-state index contributed by atoms with van der Waals surface area (Å²) in [6.07, 6.45) is 3.89. The molecule has 2 aliphatic rings. The maximum absolute atomic E-state index is 12.5. The Kier molecular flexibility index (Phi) is 4.27. The van der Waals surface area contributed by atoms with Gasteiger partial charge in [0.05, 0.1) is 6.61 Å². The number of amides is 1. The van der Waals surface area contributed by atoms with E-state index in [1.54, 1.807) is 0 Å². The summed E-state index contributed by atoms with van der Waals surface area (Å²) in [6.45, 7) is 2.63. The number of rotatable bonds is 3. The molecule has 2 heterocycles. The number of piperidine rings is 1. The molecule has 1 unspecified atom stereocenters. The van der Waals surface area contributed by atoms with E-state index in [4.69, 9.17) is 10.5 Å². The molecule has 0 bridgehead atoms. The van der Waals surface area contributed by atoms with Crippen molar-refractivity contribution in [3.8, 4) is 0 Å². The van der Waals surface area contributed by atoms with Gasteiger partial charge in [-0.25, -0.2) is 0 Å². The second-order valence-corrected chi connectivity index (χ2v) is 6.38. The quantitative estimate of drug-likeness (QED) is 0.919. The number of carbonyl (C=O) groups is 1. The molecule has 0 spiro atoms. The Balaban J connectivity index is 1.52. The number of hydrogen-bond donors (Lipinski definition) is 1. The molecule has 1 amide bonds. The van der Waals surface area contributed by atoms with Crippen molar-refractivity contribution in [1.82, 2.24) is 4.90 Å². The van der Waals surface area contributed by atoms with Crippen LogP contribution in [0.4, 0.5) is 0 Å². The van der Waals surface area contributed by atoms with Gasteiger partial charge in [0.25, 0.3) is 0 Å². The summed E-state index contributed by atoms with van der Waals surface area (Å²) < 4.78 is 5.30. The largest absolute Gasteiger partial charge is 0.379 e. The van der Waals surface area contributed by atoms with Gasteiger partial charge in [0.2, 0.25) is 5.91 Å². The van der Waals surface area contributed by atoms with Gasteiger partial charge in [0.1, 0.15) is 5.54 Å². The second kappa shape index (κ2) is 6.16. The van der Waals surface area contributed by atoms with Crippen LogP contribution in [0.1, 0.15) is 24.8 Å². The zero-order valence-electron chi connectivity index (χ0n) is 12.5. The summed E-state index contributed by atoms with van der Waals surface area (Å²) in [5.74, 6) is 0.753. The highest BCUT2D eigenvalue weighted by Crippen LogP contribution is 2.25. The van der Waals surface area contributed by atoms with Crippen molar-refractivity contribution in [2.75, 3.05) is 26.3 Å². The predicted molar refractivity (Wildman–Crippen MR) is 81.8 cm³/mol. The van der Waals surface area contributed by atoms with Crippen molar-refractivity contribution in [2.24, 2.45) is 11.7 Å². The molecule has 2 aliphatic heterocycles. The van der Waals surface area contributed by atoms with E-state index in [-0.39, 0.29) is 5.91 Å². The summed E-state index contributed by atoms with van der Waals surface area (Å²) in [6, 6.07) is 10.6. The minimum atomic E-state index is -0.772. The van der Waals surface area contributed by atoms with E-state index in [1.807, 2.05) is 4.90 Å². The molecule has 2 N–H and O–H groups in total. The van der Waals surface area contributed by atoms with Crippen molar-refractivity contribution in [3.63, 3.8) is 0 Å². The standard InChI is InChI=1S/C17H24N2O2/c18-17(8-11-21-13-17)16(20)19-9-6-15(7-10-19)12-14-4-2-1-3-5-14/h1-5,15H,6-13,18H2. The molecule has 0 aliphatic carbocycles. The van der Waals surface area contributed by atoms with Gasteiger partial charge in [-0.1, -0.05) is 30.3 Å². The van der Waals surface area contributed by atoms with E-state index >= 15 is 0 Å². The Bertz CT molecular complexity index is 475. The molecule has 1 aromatic carbocycles. The molecule has 2 saturated heterocycles. The van der Waals surface area contributed by atoms with Gasteiger partial charge in [-0.3, -0.25) is 4.79 Å². The third-order valence-corrected chi connectivity index (χ3v) is 4.75. The topological polar surface area (TPSA) is 55.6 Å². The number of nitrogens with two attached hydrogens (primary N) is 1. The molecule has 4 heteroatoms. The second-order valence-electron chi connectivity index (χ2n) is 6.38. The first kappa shape index (κ1) is 14.5. The van der Waals surface area contributed by atoms with Crippen LogP contribution in [0.3, 0.4) is 0 Å². The molecule has 1 atom stereocenters. The minimum absolute atomic E-state index is 0.0816. The molecule has 4 nitrogen and oxygen atoms in total. The Morgan fingerprint density at radius 2 is 2.00 bits per heavy atom. The lowest BCUT2D eigenvalue weighted by molar-refractivity contribution is -0.138. The Labute approximate surface area is 126 Å². The Morgan fingerprint density at radius 1 is 1.29 bits per heavy atom. The van der Waals surface area contributed by atoms with Crippen LogP contribution in [0.2, 0.25) is 0 Å². The van der Waals surface area contributed by atoms with Crippen LogP contribution in [0.15, 0.2) is 30.3 Å². The summed E-state index contributed by atoms with van der Waals surface area (Å²) in [5.41, 5.74) is 6.79. The van der Waals surface area contributed by atoms with Gasteiger partial charge in [-0.15, -0.1) is 0 Å². The van der Waals surface area contributed by atoms with Crippen LogP contribution < -0.4 is 5.73 Å².